The Morgan fingerprint density at radius 3 is 2.88 bits per heavy atom. The summed E-state index contributed by atoms with van der Waals surface area (Å²) in [6, 6.07) is 8.66. The molecule has 0 heterocycles. The van der Waals surface area contributed by atoms with E-state index in [0.717, 1.165) is 19.3 Å². The van der Waals surface area contributed by atoms with Crippen molar-refractivity contribution < 1.29 is 5.11 Å². The molecule has 2 rings (SSSR count). The van der Waals surface area contributed by atoms with Crippen molar-refractivity contribution in [2.75, 3.05) is 6.61 Å². The van der Waals surface area contributed by atoms with Crippen LogP contribution in [-0.4, -0.2) is 17.8 Å². The highest BCUT2D eigenvalue weighted by atomic mass is 16.3. The summed E-state index contributed by atoms with van der Waals surface area (Å²) in [5.41, 5.74) is 8.96. The normalized spacial score (nSPS) is 26.2. The Hall–Kier alpha value is -0.860. The van der Waals surface area contributed by atoms with Gasteiger partial charge in [-0.3, -0.25) is 0 Å². The second-order valence-corrected chi connectivity index (χ2v) is 4.93. The van der Waals surface area contributed by atoms with E-state index in [4.69, 9.17) is 5.73 Å². The Bertz CT molecular complexity index is 362. The highest BCUT2D eigenvalue weighted by molar-refractivity contribution is 5.38. The van der Waals surface area contributed by atoms with Crippen molar-refractivity contribution in [3.05, 3.63) is 35.4 Å². The van der Waals surface area contributed by atoms with Crippen LogP contribution >= 0.6 is 0 Å². The molecule has 2 nitrogen and oxygen atoms in total. The van der Waals surface area contributed by atoms with Gasteiger partial charge < -0.3 is 10.8 Å². The van der Waals surface area contributed by atoms with E-state index in [-0.39, 0.29) is 18.1 Å². The molecule has 0 fully saturated rings. The van der Waals surface area contributed by atoms with Gasteiger partial charge in [-0.2, -0.15) is 0 Å². The van der Waals surface area contributed by atoms with Gasteiger partial charge in [0.05, 0.1) is 0 Å². The Labute approximate surface area is 97.5 Å². The molecule has 0 aliphatic heterocycles. The second kappa shape index (κ2) is 4.56. The first-order valence-electron chi connectivity index (χ1n) is 6.15. The third kappa shape index (κ3) is 1.76. The van der Waals surface area contributed by atoms with Crippen LogP contribution in [0.2, 0.25) is 0 Å². The van der Waals surface area contributed by atoms with E-state index < -0.39 is 0 Å². The average molecular weight is 219 g/mol. The van der Waals surface area contributed by atoms with Gasteiger partial charge in [0.1, 0.15) is 0 Å². The summed E-state index contributed by atoms with van der Waals surface area (Å²) in [7, 11) is 0. The first-order valence-corrected chi connectivity index (χ1v) is 6.15. The molecule has 0 radical (unpaired) electrons. The topological polar surface area (TPSA) is 46.2 Å². The van der Waals surface area contributed by atoms with E-state index in [2.05, 4.69) is 31.2 Å². The van der Waals surface area contributed by atoms with Crippen molar-refractivity contribution in [1.29, 1.82) is 0 Å². The van der Waals surface area contributed by atoms with Crippen LogP contribution in [0.4, 0.5) is 0 Å². The summed E-state index contributed by atoms with van der Waals surface area (Å²) in [6.45, 7) is 2.29. The highest BCUT2D eigenvalue weighted by Crippen LogP contribution is 2.41. The van der Waals surface area contributed by atoms with E-state index in [1.807, 2.05) is 0 Å². The van der Waals surface area contributed by atoms with Gasteiger partial charge in [-0.15, -0.1) is 0 Å². The zero-order chi connectivity index (χ0) is 11.6. The zero-order valence-electron chi connectivity index (χ0n) is 9.95. The molecule has 0 bridgehead atoms. The molecule has 16 heavy (non-hydrogen) atoms. The smallest absolute Gasteiger partial charge is 0.0440 e. The first kappa shape index (κ1) is 11.6. The molecule has 2 unspecified atom stereocenters. The van der Waals surface area contributed by atoms with Gasteiger partial charge in [-0.05, 0) is 43.7 Å². The lowest BCUT2D eigenvalue weighted by atomic mass is 9.64. The lowest BCUT2D eigenvalue weighted by Gasteiger charge is -2.42. The number of benzene rings is 1. The summed E-state index contributed by atoms with van der Waals surface area (Å²) in [4.78, 5) is 0. The Morgan fingerprint density at radius 2 is 2.19 bits per heavy atom. The molecule has 0 aromatic heterocycles. The summed E-state index contributed by atoms with van der Waals surface area (Å²) in [6.07, 6.45) is 4.21. The Kier molecular flexibility index (Phi) is 3.31. The summed E-state index contributed by atoms with van der Waals surface area (Å²) in [5, 5.41) is 9.30. The van der Waals surface area contributed by atoms with Gasteiger partial charge in [0, 0.05) is 18.1 Å². The minimum Gasteiger partial charge on any atom is -0.396 e. The first-order chi connectivity index (χ1) is 7.70. The molecular weight excluding hydrogens is 198 g/mol. The molecule has 2 atom stereocenters. The number of aliphatic hydroxyl groups excluding tert-OH is 1. The monoisotopic (exact) mass is 219 g/mol. The minimum absolute atomic E-state index is 0.0103. The van der Waals surface area contributed by atoms with E-state index in [0.29, 0.717) is 0 Å². The van der Waals surface area contributed by atoms with Crippen LogP contribution in [0.1, 0.15) is 37.3 Å². The van der Waals surface area contributed by atoms with Gasteiger partial charge in [0.25, 0.3) is 0 Å². The lowest BCUT2D eigenvalue weighted by molar-refractivity contribution is 0.200. The molecule has 88 valence electrons. The third-order valence-corrected chi connectivity index (χ3v) is 4.05. The van der Waals surface area contributed by atoms with Crippen LogP contribution in [0.15, 0.2) is 24.3 Å². The predicted octanol–water partition coefficient (Wildman–Crippen LogP) is 1.99. The van der Waals surface area contributed by atoms with Crippen LogP contribution in [-0.2, 0) is 11.8 Å². The van der Waals surface area contributed by atoms with Crippen LogP contribution in [0.25, 0.3) is 0 Å². The number of aryl methyl sites for hydroxylation is 1. The molecule has 1 aliphatic rings. The van der Waals surface area contributed by atoms with Crippen molar-refractivity contribution in [2.24, 2.45) is 5.73 Å². The van der Waals surface area contributed by atoms with Gasteiger partial charge >= 0.3 is 0 Å². The maximum atomic E-state index is 9.30. The predicted molar refractivity (Wildman–Crippen MR) is 66.4 cm³/mol. The number of aliphatic hydroxyl groups is 1. The number of fused-ring (bicyclic) bond motifs is 1. The molecule has 0 amide bonds. The van der Waals surface area contributed by atoms with Crippen LogP contribution < -0.4 is 5.73 Å². The maximum absolute atomic E-state index is 9.30. The maximum Gasteiger partial charge on any atom is 0.0440 e. The molecule has 0 saturated carbocycles. The fraction of sp³-hybridized carbons (Fsp3) is 0.571. The van der Waals surface area contributed by atoms with Crippen molar-refractivity contribution >= 4 is 0 Å². The number of nitrogens with two attached hydrogens (primary N) is 1. The third-order valence-electron chi connectivity index (χ3n) is 4.05. The van der Waals surface area contributed by atoms with Crippen LogP contribution in [0.5, 0.6) is 0 Å². The molecule has 3 N–H and O–H groups in total. The van der Waals surface area contributed by atoms with E-state index in [1.165, 1.54) is 17.5 Å². The molecular formula is C14H21NO. The van der Waals surface area contributed by atoms with E-state index in [9.17, 15) is 5.11 Å². The largest absolute Gasteiger partial charge is 0.396 e. The summed E-state index contributed by atoms with van der Waals surface area (Å²) >= 11 is 0. The van der Waals surface area contributed by atoms with Gasteiger partial charge in [0.15, 0.2) is 0 Å². The molecule has 1 aromatic rings. The quantitative estimate of drug-likeness (QED) is 0.816. The molecule has 1 aromatic carbocycles. The van der Waals surface area contributed by atoms with Crippen LogP contribution in [0.3, 0.4) is 0 Å². The SMILES string of the molecule is CC(N)C1(CCO)CCCc2ccccc21. The number of rotatable bonds is 3. The summed E-state index contributed by atoms with van der Waals surface area (Å²) < 4.78 is 0. The Balaban J connectivity index is 2.48. The van der Waals surface area contributed by atoms with Crippen molar-refractivity contribution in [1.82, 2.24) is 0 Å². The Morgan fingerprint density at radius 1 is 1.44 bits per heavy atom. The standard InChI is InChI=1S/C14H21NO/c1-11(15)14(9-10-16)8-4-6-12-5-2-3-7-13(12)14/h2-3,5,7,11,16H,4,6,8-10,15H2,1H3. The van der Waals surface area contributed by atoms with E-state index in [1.54, 1.807) is 0 Å². The van der Waals surface area contributed by atoms with Crippen molar-refractivity contribution in [3.63, 3.8) is 0 Å². The minimum atomic E-state index is -0.0103. The fourth-order valence-electron chi connectivity index (χ4n) is 3.11. The van der Waals surface area contributed by atoms with Crippen LogP contribution in [0, 0.1) is 0 Å². The second-order valence-electron chi connectivity index (χ2n) is 4.93. The molecule has 1 aliphatic carbocycles. The average Bonchev–Trinajstić information content (AvgIpc) is 2.29. The van der Waals surface area contributed by atoms with Crippen molar-refractivity contribution in [3.8, 4) is 0 Å². The van der Waals surface area contributed by atoms with Gasteiger partial charge in [-0.25, -0.2) is 0 Å². The molecule has 2 heteroatoms. The molecule has 0 saturated heterocycles. The fourth-order valence-corrected chi connectivity index (χ4v) is 3.11. The van der Waals surface area contributed by atoms with Crippen molar-refractivity contribution in [2.45, 2.75) is 44.1 Å². The number of hydrogen-bond donors (Lipinski definition) is 2. The van der Waals surface area contributed by atoms with Gasteiger partial charge in [-0.1, -0.05) is 24.3 Å². The lowest BCUT2D eigenvalue weighted by Crippen LogP contribution is -2.46. The number of hydrogen-bond acceptors (Lipinski definition) is 2. The summed E-state index contributed by atoms with van der Waals surface area (Å²) in [5.74, 6) is 0. The van der Waals surface area contributed by atoms with Gasteiger partial charge in [0.2, 0.25) is 0 Å². The zero-order valence-corrected chi connectivity index (χ0v) is 9.95. The highest BCUT2D eigenvalue weighted by Gasteiger charge is 2.38. The molecule has 0 spiro atoms. The van der Waals surface area contributed by atoms with E-state index >= 15 is 0 Å².